The summed E-state index contributed by atoms with van der Waals surface area (Å²) in [7, 11) is 0. The SMILES string of the molecule is O=C(COc1ccccc1F)NCc1ccc2ccccc2c1. The summed E-state index contributed by atoms with van der Waals surface area (Å²) < 4.78 is 18.6. The smallest absolute Gasteiger partial charge is 0.258 e. The molecule has 1 N–H and O–H groups in total. The number of nitrogens with one attached hydrogen (secondary N) is 1. The molecule has 0 unspecified atom stereocenters. The maximum atomic E-state index is 13.4. The zero-order valence-corrected chi connectivity index (χ0v) is 12.5. The summed E-state index contributed by atoms with van der Waals surface area (Å²) in [5, 5.41) is 5.05. The van der Waals surface area contributed by atoms with E-state index in [4.69, 9.17) is 4.74 Å². The molecule has 23 heavy (non-hydrogen) atoms. The summed E-state index contributed by atoms with van der Waals surface area (Å²) in [5.41, 5.74) is 1.00. The van der Waals surface area contributed by atoms with Crippen molar-refractivity contribution in [3.05, 3.63) is 78.1 Å². The number of carbonyl (C=O) groups excluding carboxylic acids is 1. The summed E-state index contributed by atoms with van der Waals surface area (Å²) in [6, 6.07) is 20.1. The molecule has 1 amide bonds. The second-order valence-electron chi connectivity index (χ2n) is 5.18. The van der Waals surface area contributed by atoms with Crippen molar-refractivity contribution in [1.82, 2.24) is 5.32 Å². The van der Waals surface area contributed by atoms with Crippen LogP contribution in [-0.2, 0) is 11.3 Å². The van der Waals surface area contributed by atoms with Crippen LogP contribution in [0.3, 0.4) is 0 Å². The topological polar surface area (TPSA) is 38.3 Å². The molecule has 0 bridgehead atoms. The number of amides is 1. The maximum absolute atomic E-state index is 13.4. The van der Waals surface area contributed by atoms with Crippen LogP contribution < -0.4 is 10.1 Å². The predicted molar refractivity (Wildman–Crippen MR) is 87.7 cm³/mol. The Bertz CT molecular complexity index is 832. The molecule has 0 saturated carbocycles. The first kappa shape index (κ1) is 15.0. The van der Waals surface area contributed by atoms with Crippen LogP contribution in [0.2, 0.25) is 0 Å². The fourth-order valence-corrected chi connectivity index (χ4v) is 2.31. The van der Waals surface area contributed by atoms with Crippen LogP contribution in [0.25, 0.3) is 10.8 Å². The molecule has 116 valence electrons. The Morgan fingerprint density at radius 1 is 0.957 bits per heavy atom. The molecule has 0 saturated heterocycles. The first-order chi connectivity index (χ1) is 11.2. The second kappa shape index (κ2) is 6.92. The summed E-state index contributed by atoms with van der Waals surface area (Å²) in [6.07, 6.45) is 0. The van der Waals surface area contributed by atoms with E-state index in [1.54, 1.807) is 12.1 Å². The number of hydrogen-bond donors (Lipinski definition) is 1. The number of para-hydroxylation sites is 1. The van der Waals surface area contributed by atoms with Gasteiger partial charge in [-0.1, -0.05) is 48.5 Å². The molecule has 0 atom stereocenters. The van der Waals surface area contributed by atoms with Crippen LogP contribution in [0.4, 0.5) is 4.39 Å². The van der Waals surface area contributed by atoms with Gasteiger partial charge in [-0.25, -0.2) is 4.39 Å². The molecule has 0 aliphatic heterocycles. The number of ether oxygens (including phenoxy) is 1. The van der Waals surface area contributed by atoms with Crippen LogP contribution in [0, 0.1) is 5.82 Å². The fraction of sp³-hybridized carbons (Fsp3) is 0.105. The summed E-state index contributed by atoms with van der Waals surface area (Å²) >= 11 is 0. The normalized spacial score (nSPS) is 10.5. The highest BCUT2D eigenvalue weighted by atomic mass is 19.1. The zero-order valence-electron chi connectivity index (χ0n) is 12.5. The lowest BCUT2D eigenvalue weighted by Crippen LogP contribution is -2.28. The first-order valence-electron chi connectivity index (χ1n) is 7.34. The van der Waals surface area contributed by atoms with E-state index in [0.29, 0.717) is 6.54 Å². The first-order valence-corrected chi connectivity index (χ1v) is 7.34. The third-order valence-corrected chi connectivity index (χ3v) is 3.50. The summed E-state index contributed by atoms with van der Waals surface area (Å²) in [4.78, 5) is 11.8. The molecule has 0 aliphatic carbocycles. The van der Waals surface area contributed by atoms with Crippen molar-refractivity contribution in [2.45, 2.75) is 6.54 Å². The average molecular weight is 309 g/mol. The monoisotopic (exact) mass is 309 g/mol. The van der Waals surface area contributed by atoms with E-state index in [1.807, 2.05) is 42.5 Å². The Morgan fingerprint density at radius 2 is 1.70 bits per heavy atom. The van der Waals surface area contributed by atoms with Crippen molar-refractivity contribution in [2.75, 3.05) is 6.61 Å². The van der Waals surface area contributed by atoms with Gasteiger partial charge < -0.3 is 10.1 Å². The van der Waals surface area contributed by atoms with E-state index in [-0.39, 0.29) is 18.3 Å². The Kier molecular flexibility index (Phi) is 4.52. The van der Waals surface area contributed by atoms with Crippen LogP contribution in [0.1, 0.15) is 5.56 Å². The van der Waals surface area contributed by atoms with E-state index in [1.165, 1.54) is 12.1 Å². The van der Waals surface area contributed by atoms with Crippen molar-refractivity contribution < 1.29 is 13.9 Å². The third-order valence-electron chi connectivity index (χ3n) is 3.50. The molecular formula is C19H16FNO2. The number of carbonyl (C=O) groups is 1. The maximum Gasteiger partial charge on any atom is 0.258 e. The molecule has 0 aromatic heterocycles. The van der Waals surface area contributed by atoms with Crippen molar-refractivity contribution in [3.63, 3.8) is 0 Å². The number of rotatable bonds is 5. The van der Waals surface area contributed by atoms with Crippen LogP contribution in [0.15, 0.2) is 66.7 Å². The molecule has 0 radical (unpaired) electrons. The van der Waals surface area contributed by atoms with Gasteiger partial charge in [0.2, 0.25) is 0 Å². The fourth-order valence-electron chi connectivity index (χ4n) is 2.31. The molecule has 3 aromatic rings. The van der Waals surface area contributed by atoms with E-state index in [0.717, 1.165) is 16.3 Å². The molecule has 4 heteroatoms. The Balaban J connectivity index is 1.54. The van der Waals surface area contributed by atoms with Crippen molar-refractivity contribution in [2.24, 2.45) is 0 Å². The second-order valence-corrected chi connectivity index (χ2v) is 5.18. The van der Waals surface area contributed by atoms with Crippen LogP contribution >= 0.6 is 0 Å². The molecular weight excluding hydrogens is 293 g/mol. The van der Waals surface area contributed by atoms with Gasteiger partial charge in [0, 0.05) is 6.54 Å². The standard InChI is InChI=1S/C19H16FNO2/c20-17-7-3-4-8-18(17)23-13-19(22)21-12-14-9-10-15-5-1-2-6-16(15)11-14/h1-11H,12-13H2,(H,21,22). The number of hydrogen-bond acceptors (Lipinski definition) is 2. The lowest BCUT2D eigenvalue weighted by molar-refractivity contribution is -0.123. The van der Waals surface area contributed by atoms with Crippen LogP contribution in [0.5, 0.6) is 5.75 Å². The van der Waals surface area contributed by atoms with Gasteiger partial charge in [-0.2, -0.15) is 0 Å². The number of benzene rings is 3. The van der Waals surface area contributed by atoms with Gasteiger partial charge >= 0.3 is 0 Å². The molecule has 0 heterocycles. The minimum atomic E-state index is -0.477. The molecule has 0 fully saturated rings. The highest BCUT2D eigenvalue weighted by Crippen LogP contribution is 2.16. The Labute approximate surface area is 133 Å². The zero-order chi connectivity index (χ0) is 16.1. The van der Waals surface area contributed by atoms with Gasteiger partial charge in [0.25, 0.3) is 5.91 Å². The van der Waals surface area contributed by atoms with Gasteiger partial charge in [-0.15, -0.1) is 0 Å². The number of fused-ring (bicyclic) bond motifs is 1. The van der Waals surface area contributed by atoms with E-state index in [9.17, 15) is 9.18 Å². The van der Waals surface area contributed by atoms with E-state index >= 15 is 0 Å². The lowest BCUT2D eigenvalue weighted by Gasteiger charge is -2.09. The molecule has 3 aromatic carbocycles. The predicted octanol–water partition coefficient (Wildman–Crippen LogP) is 3.67. The number of halogens is 1. The molecule has 3 rings (SSSR count). The average Bonchev–Trinajstić information content (AvgIpc) is 2.59. The van der Waals surface area contributed by atoms with Gasteiger partial charge in [0.15, 0.2) is 18.2 Å². The van der Waals surface area contributed by atoms with Crippen molar-refractivity contribution in [1.29, 1.82) is 0 Å². The van der Waals surface area contributed by atoms with E-state index in [2.05, 4.69) is 5.32 Å². The minimum absolute atomic E-state index is 0.0772. The highest BCUT2D eigenvalue weighted by molar-refractivity contribution is 5.83. The van der Waals surface area contributed by atoms with Crippen LogP contribution in [-0.4, -0.2) is 12.5 Å². The van der Waals surface area contributed by atoms with Crippen molar-refractivity contribution in [3.8, 4) is 5.75 Å². The van der Waals surface area contributed by atoms with Gasteiger partial charge in [0.05, 0.1) is 0 Å². The lowest BCUT2D eigenvalue weighted by atomic mass is 10.1. The quantitative estimate of drug-likeness (QED) is 0.781. The molecule has 0 spiro atoms. The minimum Gasteiger partial charge on any atom is -0.481 e. The van der Waals surface area contributed by atoms with Gasteiger partial charge in [-0.3, -0.25) is 4.79 Å². The largest absolute Gasteiger partial charge is 0.481 e. The summed E-state index contributed by atoms with van der Waals surface area (Å²) in [6.45, 7) is 0.193. The van der Waals surface area contributed by atoms with Gasteiger partial charge in [-0.05, 0) is 34.5 Å². The molecule has 3 nitrogen and oxygen atoms in total. The Morgan fingerprint density at radius 3 is 2.52 bits per heavy atom. The van der Waals surface area contributed by atoms with Gasteiger partial charge in [0.1, 0.15) is 0 Å². The van der Waals surface area contributed by atoms with Crippen molar-refractivity contribution >= 4 is 16.7 Å². The molecule has 0 aliphatic rings. The summed E-state index contributed by atoms with van der Waals surface area (Å²) in [5.74, 6) is -0.690. The Hall–Kier alpha value is -2.88. The van der Waals surface area contributed by atoms with E-state index < -0.39 is 5.82 Å². The third kappa shape index (κ3) is 3.86. The highest BCUT2D eigenvalue weighted by Gasteiger charge is 2.06.